The Bertz CT molecular complexity index is 600. The second kappa shape index (κ2) is 8.64. The van der Waals surface area contributed by atoms with Crippen molar-refractivity contribution in [3.05, 3.63) is 40.7 Å². The van der Waals surface area contributed by atoms with Gasteiger partial charge in [0.15, 0.2) is 6.61 Å². The molecule has 1 aromatic carbocycles. The number of hydrogen-bond donors (Lipinski definition) is 1. The van der Waals surface area contributed by atoms with Crippen molar-refractivity contribution in [3.63, 3.8) is 0 Å². The average molecular weight is 342 g/mol. The van der Waals surface area contributed by atoms with Crippen molar-refractivity contribution in [2.45, 2.75) is 18.9 Å². The topological polar surface area (TPSA) is 64.6 Å². The predicted molar refractivity (Wildman–Crippen MR) is 83.4 cm³/mol. The summed E-state index contributed by atoms with van der Waals surface area (Å²) >= 11 is 5.63. The maximum atomic E-state index is 13.0. The molecule has 1 aliphatic rings. The number of nitrogens with one attached hydrogen (secondary N) is 1. The van der Waals surface area contributed by atoms with Gasteiger partial charge in [0.1, 0.15) is 5.82 Å². The monoisotopic (exact) mass is 341 g/mol. The highest BCUT2D eigenvalue weighted by atomic mass is 35.5. The lowest BCUT2D eigenvalue weighted by Gasteiger charge is -2.10. The van der Waals surface area contributed by atoms with Crippen molar-refractivity contribution in [3.8, 4) is 0 Å². The summed E-state index contributed by atoms with van der Waals surface area (Å²) < 4.78 is 23.2. The summed E-state index contributed by atoms with van der Waals surface area (Å²) in [5, 5.41) is 2.61. The largest absolute Gasteiger partial charge is 0.452 e. The molecular formula is C16H17ClFNO4. The van der Waals surface area contributed by atoms with E-state index in [9.17, 15) is 14.0 Å². The minimum atomic E-state index is -0.669. The van der Waals surface area contributed by atoms with Crippen LogP contribution in [0.15, 0.2) is 24.3 Å². The third-order valence-corrected chi connectivity index (χ3v) is 3.54. The lowest BCUT2D eigenvalue weighted by atomic mass is 10.2. The first-order chi connectivity index (χ1) is 11.0. The zero-order chi connectivity index (χ0) is 16.7. The molecule has 1 amide bonds. The summed E-state index contributed by atoms with van der Waals surface area (Å²) in [6.07, 6.45) is 4.53. The van der Waals surface area contributed by atoms with E-state index in [1.54, 1.807) is 0 Å². The van der Waals surface area contributed by atoms with Crippen LogP contribution in [-0.4, -0.2) is 37.7 Å². The van der Waals surface area contributed by atoms with Crippen LogP contribution in [0.4, 0.5) is 4.39 Å². The summed E-state index contributed by atoms with van der Waals surface area (Å²) in [6, 6.07) is 4.06. The fourth-order valence-corrected chi connectivity index (χ4v) is 2.24. The van der Waals surface area contributed by atoms with Gasteiger partial charge in [0.25, 0.3) is 5.91 Å². The maximum absolute atomic E-state index is 13.0. The number of ether oxygens (including phenoxy) is 2. The molecule has 1 aliphatic heterocycles. The molecule has 0 aromatic heterocycles. The number of carbonyl (C=O) groups excluding carboxylic acids is 2. The molecule has 0 unspecified atom stereocenters. The van der Waals surface area contributed by atoms with Gasteiger partial charge in [0.2, 0.25) is 0 Å². The first-order valence-corrected chi connectivity index (χ1v) is 7.60. The quantitative estimate of drug-likeness (QED) is 0.637. The molecule has 2 rings (SSSR count). The summed E-state index contributed by atoms with van der Waals surface area (Å²) in [5.74, 6) is -1.58. The molecule has 1 fully saturated rings. The Morgan fingerprint density at radius 1 is 1.48 bits per heavy atom. The third-order valence-electron chi connectivity index (χ3n) is 3.25. The average Bonchev–Trinajstić information content (AvgIpc) is 3.05. The van der Waals surface area contributed by atoms with Crippen molar-refractivity contribution in [1.82, 2.24) is 5.32 Å². The summed E-state index contributed by atoms with van der Waals surface area (Å²) in [6.45, 7) is 0.772. The molecule has 0 radical (unpaired) electrons. The molecule has 1 aromatic rings. The van der Waals surface area contributed by atoms with Crippen molar-refractivity contribution in [2.24, 2.45) is 0 Å². The van der Waals surface area contributed by atoms with Gasteiger partial charge in [-0.3, -0.25) is 4.79 Å². The van der Waals surface area contributed by atoms with E-state index in [0.717, 1.165) is 18.9 Å². The molecule has 1 atom stereocenters. The number of amides is 1. The number of hydrogen-bond acceptors (Lipinski definition) is 4. The van der Waals surface area contributed by atoms with Gasteiger partial charge in [0.05, 0.1) is 11.1 Å². The van der Waals surface area contributed by atoms with Crippen LogP contribution in [-0.2, 0) is 19.1 Å². The van der Waals surface area contributed by atoms with Crippen molar-refractivity contribution in [1.29, 1.82) is 0 Å². The second-order valence-corrected chi connectivity index (χ2v) is 5.46. The Kier molecular flexibility index (Phi) is 6.55. The van der Waals surface area contributed by atoms with E-state index in [1.807, 2.05) is 0 Å². The highest BCUT2D eigenvalue weighted by Crippen LogP contribution is 2.16. The van der Waals surface area contributed by atoms with Gasteiger partial charge in [-0.15, -0.1) is 0 Å². The molecule has 0 saturated carbocycles. The van der Waals surface area contributed by atoms with Gasteiger partial charge < -0.3 is 14.8 Å². The molecule has 5 nitrogen and oxygen atoms in total. The number of rotatable bonds is 6. The van der Waals surface area contributed by atoms with Gasteiger partial charge in [-0.25, -0.2) is 9.18 Å². The smallest absolute Gasteiger partial charge is 0.331 e. The van der Waals surface area contributed by atoms with Gasteiger partial charge >= 0.3 is 5.97 Å². The molecular weight excluding hydrogens is 325 g/mol. The molecule has 124 valence electrons. The fraction of sp³-hybridized carbons (Fsp3) is 0.375. The van der Waals surface area contributed by atoms with E-state index in [2.05, 4.69) is 5.32 Å². The molecule has 1 heterocycles. The third kappa shape index (κ3) is 6.00. The van der Waals surface area contributed by atoms with Crippen LogP contribution < -0.4 is 5.32 Å². The number of halogens is 2. The van der Waals surface area contributed by atoms with Gasteiger partial charge in [0, 0.05) is 19.2 Å². The van der Waals surface area contributed by atoms with Crippen molar-refractivity contribution >= 4 is 29.6 Å². The van der Waals surface area contributed by atoms with E-state index in [1.165, 1.54) is 24.3 Å². The lowest BCUT2D eigenvalue weighted by molar-refractivity contribution is -0.143. The summed E-state index contributed by atoms with van der Waals surface area (Å²) in [5.41, 5.74) is 0.552. The molecule has 0 aliphatic carbocycles. The van der Waals surface area contributed by atoms with E-state index in [0.29, 0.717) is 18.7 Å². The Morgan fingerprint density at radius 2 is 2.30 bits per heavy atom. The standard InChI is InChI=1S/C16H17ClFNO4/c17-13-8-11(3-5-14(13)18)4-6-16(21)23-10-15(20)19-9-12-2-1-7-22-12/h3-6,8,12H,1-2,7,9-10H2,(H,19,20)/b6-4+/t12-/m1/s1. The van der Waals surface area contributed by atoms with E-state index in [-0.39, 0.29) is 23.6 Å². The van der Waals surface area contributed by atoms with Crippen LogP contribution in [0.1, 0.15) is 18.4 Å². The normalized spacial score (nSPS) is 17.4. The Morgan fingerprint density at radius 3 is 3.00 bits per heavy atom. The van der Waals surface area contributed by atoms with Crippen molar-refractivity contribution < 1.29 is 23.5 Å². The highest BCUT2D eigenvalue weighted by Gasteiger charge is 2.16. The number of carbonyl (C=O) groups is 2. The second-order valence-electron chi connectivity index (χ2n) is 5.05. The van der Waals surface area contributed by atoms with E-state index < -0.39 is 11.8 Å². The maximum Gasteiger partial charge on any atom is 0.331 e. The number of esters is 1. The SMILES string of the molecule is O=C(COC(=O)/C=C/c1ccc(F)c(Cl)c1)NC[C@H]1CCCO1. The van der Waals surface area contributed by atoms with Crippen LogP contribution >= 0.6 is 11.6 Å². The van der Waals surface area contributed by atoms with Crippen LogP contribution in [0, 0.1) is 5.82 Å². The van der Waals surface area contributed by atoms with Crippen LogP contribution in [0.5, 0.6) is 0 Å². The Balaban J connectivity index is 1.70. The van der Waals surface area contributed by atoms with Gasteiger partial charge in [-0.1, -0.05) is 17.7 Å². The zero-order valence-corrected chi connectivity index (χ0v) is 13.1. The molecule has 7 heteroatoms. The van der Waals surface area contributed by atoms with Crippen LogP contribution in [0.25, 0.3) is 6.08 Å². The minimum absolute atomic E-state index is 0.0333. The molecule has 23 heavy (non-hydrogen) atoms. The first kappa shape index (κ1) is 17.4. The fourth-order valence-electron chi connectivity index (χ4n) is 2.05. The number of benzene rings is 1. The summed E-state index contributed by atoms with van der Waals surface area (Å²) in [7, 11) is 0. The van der Waals surface area contributed by atoms with Gasteiger partial charge in [-0.05, 0) is 36.6 Å². The van der Waals surface area contributed by atoms with E-state index in [4.69, 9.17) is 21.1 Å². The van der Waals surface area contributed by atoms with Crippen molar-refractivity contribution in [2.75, 3.05) is 19.8 Å². The Labute approximate surface area is 138 Å². The molecule has 0 spiro atoms. The lowest BCUT2D eigenvalue weighted by Crippen LogP contribution is -2.34. The zero-order valence-electron chi connectivity index (χ0n) is 12.4. The predicted octanol–water partition coefficient (Wildman–Crippen LogP) is 2.33. The van der Waals surface area contributed by atoms with Gasteiger partial charge in [-0.2, -0.15) is 0 Å². The molecule has 1 N–H and O–H groups in total. The Hall–Kier alpha value is -1.92. The molecule has 1 saturated heterocycles. The minimum Gasteiger partial charge on any atom is -0.452 e. The summed E-state index contributed by atoms with van der Waals surface area (Å²) in [4.78, 5) is 23.0. The highest BCUT2D eigenvalue weighted by molar-refractivity contribution is 6.30. The van der Waals surface area contributed by atoms with E-state index >= 15 is 0 Å². The van der Waals surface area contributed by atoms with Crippen LogP contribution in [0.2, 0.25) is 5.02 Å². The molecule has 0 bridgehead atoms. The van der Waals surface area contributed by atoms with Crippen LogP contribution in [0.3, 0.4) is 0 Å². The first-order valence-electron chi connectivity index (χ1n) is 7.23.